The topological polar surface area (TPSA) is 8.72 Å². The van der Waals surface area contributed by atoms with Crippen molar-refractivity contribution in [3.05, 3.63) is 52.7 Å². The molecule has 14 heavy (non-hydrogen) atoms. The fourth-order valence-electron chi connectivity index (χ4n) is 1.01. The maximum Gasteiger partial charge on any atom is 0.237 e. The van der Waals surface area contributed by atoms with Crippen LogP contribution in [0.2, 0.25) is 0 Å². The predicted molar refractivity (Wildman–Crippen MR) is 47.7 cm³/mol. The molecular weight excluding hydrogens is 361 g/mol. The Bertz CT molecular complexity index is 363. The Morgan fingerprint density at radius 3 is 2.21 bits per heavy atom. The third kappa shape index (κ3) is 3.72. The Morgan fingerprint density at radius 2 is 1.71 bits per heavy atom. The smallest absolute Gasteiger partial charge is 0.237 e. The first-order valence-corrected chi connectivity index (χ1v) is 3.62. The summed E-state index contributed by atoms with van der Waals surface area (Å²) in [7, 11) is 0. The standard InChI is InChI=1S/C10H8N2.2Pd/c1-8(11-2)9-6-4-5-7-10(9)12-3;;/h4-8H,1H3;;. The molecule has 0 aliphatic heterocycles. The second-order valence-corrected chi connectivity index (χ2v) is 2.48. The van der Waals surface area contributed by atoms with Gasteiger partial charge in [-0.05, 0) is 0 Å². The molecule has 0 bridgehead atoms. The van der Waals surface area contributed by atoms with Crippen molar-refractivity contribution in [3.8, 4) is 0 Å². The van der Waals surface area contributed by atoms with Crippen molar-refractivity contribution in [2.45, 2.75) is 13.0 Å². The molecule has 1 atom stereocenters. The van der Waals surface area contributed by atoms with Gasteiger partial charge in [-0.1, -0.05) is 24.3 Å². The summed E-state index contributed by atoms with van der Waals surface area (Å²) in [4.78, 5) is 6.72. The number of rotatable bonds is 1. The van der Waals surface area contributed by atoms with Gasteiger partial charge in [-0.2, -0.15) is 0 Å². The summed E-state index contributed by atoms with van der Waals surface area (Å²) in [6.07, 6.45) is 0. The van der Waals surface area contributed by atoms with E-state index in [1.54, 1.807) is 13.0 Å². The van der Waals surface area contributed by atoms with Gasteiger partial charge in [-0.15, -0.1) is 0 Å². The van der Waals surface area contributed by atoms with E-state index in [2.05, 4.69) is 9.69 Å². The molecule has 1 aromatic rings. The van der Waals surface area contributed by atoms with Gasteiger partial charge in [0, 0.05) is 53.3 Å². The summed E-state index contributed by atoms with van der Waals surface area (Å²) < 4.78 is 0. The van der Waals surface area contributed by atoms with E-state index in [1.807, 2.05) is 18.2 Å². The van der Waals surface area contributed by atoms with E-state index in [0.717, 1.165) is 5.56 Å². The third-order valence-corrected chi connectivity index (χ3v) is 1.70. The van der Waals surface area contributed by atoms with E-state index < -0.39 is 0 Å². The van der Waals surface area contributed by atoms with Crippen LogP contribution < -0.4 is 0 Å². The van der Waals surface area contributed by atoms with Crippen LogP contribution in [0.3, 0.4) is 0 Å². The minimum atomic E-state index is -0.213. The predicted octanol–water partition coefficient (Wildman–Crippen LogP) is 3.21. The summed E-state index contributed by atoms with van der Waals surface area (Å²) in [6.45, 7) is 15.5. The fourth-order valence-corrected chi connectivity index (χ4v) is 1.01. The maximum atomic E-state index is 6.88. The molecule has 2 nitrogen and oxygen atoms in total. The van der Waals surface area contributed by atoms with E-state index in [0.29, 0.717) is 5.69 Å². The molecule has 0 aliphatic rings. The van der Waals surface area contributed by atoms with Gasteiger partial charge in [0.1, 0.15) is 0 Å². The van der Waals surface area contributed by atoms with Gasteiger partial charge in [0.05, 0.1) is 6.57 Å². The molecule has 0 spiro atoms. The number of benzene rings is 1. The average Bonchev–Trinajstić information content (AvgIpc) is 2.16. The molecule has 1 rings (SSSR count). The molecule has 78 valence electrons. The zero-order valence-corrected chi connectivity index (χ0v) is 10.5. The molecule has 1 unspecified atom stereocenters. The van der Waals surface area contributed by atoms with Crippen LogP contribution in [-0.2, 0) is 40.8 Å². The minimum Gasteiger partial charge on any atom is -0.310 e. The van der Waals surface area contributed by atoms with Gasteiger partial charge in [-0.3, -0.25) is 0 Å². The molecule has 0 saturated heterocycles. The first-order chi connectivity index (χ1) is 5.79. The minimum absolute atomic E-state index is 0. The van der Waals surface area contributed by atoms with Gasteiger partial charge in [0.25, 0.3) is 0 Å². The van der Waals surface area contributed by atoms with Crippen molar-refractivity contribution in [2.75, 3.05) is 0 Å². The molecule has 0 aromatic heterocycles. The van der Waals surface area contributed by atoms with Crippen LogP contribution in [0, 0.1) is 13.1 Å². The normalized spacial score (nSPS) is 9.64. The summed E-state index contributed by atoms with van der Waals surface area (Å²) >= 11 is 0. The summed E-state index contributed by atoms with van der Waals surface area (Å²) in [5, 5.41) is 0. The van der Waals surface area contributed by atoms with Crippen LogP contribution in [0.25, 0.3) is 9.69 Å². The molecule has 0 aliphatic carbocycles. The van der Waals surface area contributed by atoms with Gasteiger partial charge in [-0.25, -0.2) is 11.4 Å². The number of para-hydroxylation sites is 1. The number of nitrogens with zero attached hydrogens (tertiary/aromatic N) is 2. The second kappa shape index (κ2) is 7.89. The fraction of sp³-hybridized carbons (Fsp3) is 0.200. The van der Waals surface area contributed by atoms with E-state index in [4.69, 9.17) is 13.1 Å². The first-order valence-electron chi connectivity index (χ1n) is 3.62. The molecule has 0 N–H and O–H groups in total. The van der Waals surface area contributed by atoms with Crippen LogP contribution in [0.1, 0.15) is 18.5 Å². The molecule has 0 radical (unpaired) electrons. The zero-order valence-electron chi connectivity index (χ0n) is 7.41. The van der Waals surface area contributed by atoms with Crippen molar-refractivity contribution >= 4 is 5.69 Å². The van der Waals surface area contributed by atoms with Gasteiger partial charge in [0.15, 0.2) is 5.69 Å². The Hall–Kier alpha value is -0.475. The van der Waals surface area contributed by atoms with Crippen LogP contribution in [0.4, 0.5) is 5.69 Å². The van der Waals surface area contributed by atoms with E-state index in [-0.39, 0.29) is 46.9 Å². The number of hydrogen-bond donors (Lipinski definition) is 0. The molecule has 0 saturated carbocycles. The summed E-state index contributed by atoms with van der Waals surface area (Å²) in [5.41, 5.74) is 1.41. The first kappa shape index (κ1) is 16.0. The van der Waals surface area contributed by atoms with E-state index in [1.165, 1.54) is 0 Å². The van der Waals surface area contributed by atoms with E-state index >= 15 is 0 Å². The molecular formula is C10H8N2Pd2. The van der Waals surface area contributed by atoms with Crippen molar-refractivity contribution < 1.29 is 40.8 Å². The second-order valence-electron chi connectivity index (χ2n) is 2.48. The SMILES string of the molecule is [C-]#[N+]c1ccccc1C(C)[N+]#[C-].[Pd].[Pd]. The number of hydrogen-bond acceptors (Lipinski definition) is 0. The molecule has 4 heteroatoms. The molecule has 0 heterocycles. The van der Waals surface area contributed by atoms with Crippen LogP contribution in [0.15, 0.2) is 24.3 Å². The van der Waals surface area contributed by atoms with Crippen LogP contribution in [-0.4, -0.2) is 0 Å². The van der Waals surface area contributed by atoms with Crippen molar-refractivity contribution in [2.24, 2.45) is 0 Å². The van der Waals surface area contributed by atoms with Crippen molar-refractivity contribution in [1.29, 1.82) is 0 Å². The van der Waals surface area contributed by atoms with Gasteiger partial charge >= 0.3 is 0 Å². The Morgan fingerprint density at radius 1 is 1.14 bits per heavy atom. The molecule has 0 fully saturated rings. The summed E-state index contributed by atoms with van der Waals surface area (Å²) in [5.74, 6) is 0. The van der Waals surface area contributed by atoms with Crippen LogP contribution in [0.5, 0.6) is 0 Å². The van der Waals surface area contributed by atoms with E-state index in [9.17, 15) is 0 Å². The Labute approximate surface area is 112 Å². The molecule has 1 aromatic carbocycles. The monoisotopic (exact) mass is 368 g/mol. The maximum absolute atomic E-state index is 6.88. The van der Waals surface area contributed by atoms with Crippen LogP contribution >= 0.6 is 0 Å². The Kier molecular flexibility index (Phi) is 9.00. The third-order valence-electron chi connectivity index (χ3n) is 1.70. The average molecular weight is 369 g/mol. The largest absolute Gasteiger partial charge is 0.310 e. The quantitative estimate of drug-likeness (QED) is 0.531. The molecule has 0 amide bonds. The zero-order chi connectivity index (χ0) is 8.97. The van der Waals surface area contributed by atoms with Crippen molar-refractivity contribution in [1.82, 2.24) is 0 Å². The summed E-state index contributed by atoms with van der Waals surface area (Å²) in [6, 6.07) is 7.02. The Balaban J connectivity index is 0. The van der Waals surface area contributed by atoms with Gasteiger partial charge < -0.3 is 4.85 Å². The van der Waals surface area contributed by atoms with Gasteiger partial charge in [0.2, 0.25) is 6.04 Å². The van der Waals surface area contributed by atoms with Crippen molar-refractivity contribution in [3.63, 3.8) is 0 Å².